The van der Waals surface area contributed by atoms with Gasteiger partial charge in [0, 0.05) is 17.3 Å². The van der Waals surface area contributed by atoms with Crippen molar-refractivity contribution in [3.05, 3.63) is 22.3 Å². The standard InChI is InChI=1S/C8H9N3S/c1-5-3-9-8(10-5)7-4-12-6(2)11-7/h3-4H,1-2H3,(H,9,10). The van der Waals surface area contributed by atoms with Crippen LogP contribution < -0.4 is 0 Å². The minimum Gasteiger partial charge on any atom is -0.341 e. The molecule has 0 saturated heterocycles. The Hall–Kier alpha value is -1.16. The van der Waals surface area contributed by atoms with Crippen molar-refractivity contribution in [2.75, 3.05) is 0 Å². The topological polar surface area (TPSA) is 41.6 Å². The van der Waals surface area contributed by atoms with E-state index in [0.717, 1.165) is 22.2 Å². The summed E-state index contributed by atoms with van der Waals surface area (Å²) in [5, 5.41) is 3.08. The lowest BCUT2D eigenvalue weighted by atomic mass is 10.5. The average Bonchev–Trinajstić information content (AvgIpc) is 2.58. The molecule has 2 rings (SSSR count). The SMILES string of the molecule is Cc1cnc(-c2csc(C)n2)[nH]1. The Kier molecular flexibility index (Phi) is 1.69. The summed E-state index contributed by atoms with van der Waals surface area (Å²) in [6, 6.07) is 0. The number of aromatic nitrogens is 3. The van der Waals surface area contributed by atoms with Gasteiger partial charge in [-0.1, -0.05) is 0 Å². The van der Waals surface area contributed by atoms with Gasteiger partial charge >= 0.3 is 0 Å². The predicted octanol–water partition coefficient (Wildman–Crippen LogP) is 2.15. The van der Waals surface area contributed by atoms with Gasteiger partial charge in [0.15, 0.2) is 5.82 Å². The van der Waals surface area contributed by atoms with Crippen molar-refractivity contribution >= 4 is 11.3 Å². The zero-order valence-electron chi connectivity index (χ0n) is 6.96. The first-order valence-corrected chi connectivity index (χ1v) is 4.58. The summed E-state index contributed by atoms with van der Waals surface area (Å²) in [4.78, 5) is 11.6. The highest BCUT2D eigenvalue weighted by molar-refractivity contribution is 7.09. The lowest BCUT2D eigenvalue weighted by Gasteiger charge is -1.86. The van der Waals surface area contributed by atoms with Gasteiger partial charge in [0.25, 0.3) is 0 Å². The van der Waals surface area contributed by atoms with Gasteiger partial charge in [-0.05, 0) is 13.8 Å². The van der Waals surface area contributed by atoms with Crippen LogP contribution in [-0.4, -0.2) is 15.0 Å². The molecule has 62 valence electrons. The third-order valence-electron chi connectivity index (χ3n) is 1.56. The highest BCUT2D eigenvalue weighted by atomic mass is 32.1. The molecule has 0 aliphatic rings. The minimum atomic E-state index is 0.858. The fraction of sp³-hybridized carbons (Fsp3) is 0.250. The average molecular weight is 179 g/mol. The molecule has 0 saturated carbocycles. The number of nitrogens with zero attached hydrogens (tertiary/aromatic N) is 2. The van der Waals surface area contributed by atoms with Crippen molar-refractivity contribution in [2.45, 2.75) is 13.8 Å². The van der Waals surface area contributed by atoms with E-state index in [0.29, 0.717) is 0 Å². The molecule has 4 heteroatoms. The maximum atomic E-state index is 4.32. The normalized spacial score (nSPS) is 10.5. The van der Waals surface area contributed by atoms with Gasteiger partial charge in [0.05, 0.1) is 5.01 Å². The predicted molar refractivity (Wildman–Crippen MR) is 49.2 cm³/mol. The summed E-state index contributed by atoms with van der Waals surface area (Å²) in [6.45, 7) is 3.97. The number of hydrogen-bond acceptors (Lipinski definition) is 3. The van der Waals surface area contributed by atoms with Crippen molar-refractivity contribution in [2.24, 2.45) is 0 Å². The number of hydrogen-bond donors (Lipinski definition) is 1. The Bertz CT molecular complexity index is 350. The van der Waals surface area contributed by atoms with Gasteiger partial charge < -0.3 is 4.98 Å². The van der Waals surface area contributed by atoms with Crippen molar-refractivity contribution in [3.63, 3.8) is 0 Å². The molecular formula is C8H9N3S. The van der Waals surface area contributed by atoms with Crippen LogP contribution in [0.15, 0.2) is 11.6 Å². The van der Waals surface area contributed by atoms with Crippen LogP contribution in [0.2, 0.25) is 0 Å². The summed E-state index contributed by atoms with van der Waals surface area (Å²) >= 11 is 1.64. The molecule has 12 heavy (non-hydrogen) atoms. The third kappa shape index (κ3) is 1.25. The van der Waals surface area contributed by atoms with Crippen LogP contribution in [0.4, 0.5) is 0 Å². The van der Waals surface area contributed by atoms with E-state index in [1.54, 1.807) is 11.3 Å². The van der Waals surface area contributed by atoms with E-state index in [9.17, 15) is 0 Å². The fourth-order valence-electron chi connectivity index (χ4n) is 1.02. The van der Waals surface area contributed by atoms with E-state index in [-0.39, 0.29) is 0 Å². The number of aryl methyl sites for hydroxylation is 2. The highest BCUT2D eigenvalue weighted by Gasteiger charge is 2.03. The van der Waals surface area contributed by atoms with Crippen LogP contribution in [0.1, 0.15) is 10.7 Å². The van der Waals surface area contributed by atoms with Crippen LogP contribution in [0, 0.1) is 13.8 Å². The summed E-state index contributed by atoms with van der Waals surface area (Å²) < 4.78 is 0. The molecule has 0 aliphatic carbocycles. The maximum absolute atomic E-state index is 4.32. The van der Waals surface area contributed by atoms with E-state index < -0.39 is 0 Å². The molecule has 0 bridgehead atoms. The molecule has 0 radical (unpaired) electrons. The van der Waals surface area contributed by atoms with E-state index in [1.165, 1.54) is 0 Å². The minimum absolute atomic E-state index is 0.858. The lowest BCUT2D eigenvalue weighted by molar-refractivity contribution is 1.20. The van der Waals surface area contributed by atoms with Crippen LogP contribution in [-0.2, 0) is 0 Å². The van der Waals surface area contributed by atoms with Gasteiger partial charge in [-0.15, -0.1) is 11.3 Å². The van der Waals surface area contributed by atoms with Crippen LogP contribution in [0.25, 0.3) is 11.5 Å². The smallest absolute Gasteiger partial charge is 0.157 e. The molecule has 1 N–H and O–H groups in total. The van der Waals surface area contributed by atoms with Crippen molar-refractivity contribution in [1.29, 1.82) is 0 Å². The van der Waals surface area contributed by atoms with Crippen molar-refractivity contribution in [3.8, 4) is 11.5 Å². The molecule has 0 spiro atoms. The summed E-state index contributed by atoms with van der Waals surface area (Å²) in [7, 11) is 0. The quantitative estimate of drug-likeness (QED) is 0.728. The summed E-state index contributed by atoms with van der Waals surface area (Å²) in [5.74, 6) is 0.858. The first-order chi connectivity index (χ1) is 5.75. The molecule has 0 unspecified atom stereocenters. The zero-order chi connectivity index (χ0) is 8.55. The molecule has 2 heterocycles. The Morgan fingerprint density at radius 1 is 1.42 bits per heavy atom. The Morgan fingerprint density at radius 2 is 2.25 bits per heavy atom. The van der Waals surface area contributed by atoms with Gasteiger partial charge in [-0.3, -0.25) is 0 Å². The Morgan fingerprint density at radius 3 is 2.75 bits per heavy atom. The second kappa shape index (κ2) is 2.71. The molecule has 0 aromatic carbocycles. The molecule has 2 aromatic rings. The number of imidazole rings is 1. The van der Waals surface area contributed by atoms with Crippen molar-refractivity contribution in [1.82, 2.24) is 15.0 Å². The molecule has 0 amide bonds. The Balaban J connectivity index is 2.43. The van der Waals surface area contributed by atoms with Gasteiger partial charge in [-0.25, -0.2) is 9.97 Å². The van der Waals surface area contributed by atoms with Gasteiger partial charge in [0.2, 0.25) is 0 Å². The third-order valence-corrected chi connectivity index (χ3v) is 2.34. The lowest BCUT2D eigenvalue weighted by Crippen LogP contribution is -1.80. The van der Waals surface area contributed by atoms with E-state index >= 15 is 0 Å². The fourth-order valence-corrected chi connectivity index (χ4v) is 1.61. The van der Waals surface area contributed by atoms with Gasteiger partial charge in [-0.2, -0.15) is 0 Å². The van der Waals surface area contributed by atoms with E-state index in [4.69, 9.17) is 0 Å². The summed E-state index contributed by atoms with van der Waals surface area (Å²) in [6.07, 6.45) is 1.81. The van der Waals surface area contributed by atoms with Crippen molar-refractivity contribution < 1.29 is 0 Å². The first kappa shape index (κ1) is 7.49. The van der Waals surface area contributed by atoms with Gasteiger partial charge in [0.1, 0.15) is 5.69 Å². The number of aromatic amines is 1. The molecule has 0 aliphatic heterocycles. The van der Waals surface area contributed by atoms with E-state index in [2.05, 4.69) is 15.0 Å². The first-order valence-electron chi connectivity index (χ1n) is 3.70. The van der Waals surface area contributed by atoms with E-state index in [1.807, 2.05) is 25.4 Å². The van der Waals surface area contributed by atoms with Crippen LogP contribution in [0.3, 0.4) is 0 Å². The molecule has 0 atom stereocenters. The molecule has 0 fully saturated rings. The Labute approximate surface area is 74.5 Å². The number of rotatable bonds is 1. The molecule has 3 nitrogen and oxygen atoms in total. The summed E-state index contributed by atoms with van der Waals surface area (Å²) in [5.41, 5.74) is 2.00. The van der Waals surface area contributed by atoms with Crippen LogP contribution >= 0.6 is 11.3 Å². The highest BCUT2D eigenvalue weighted by Crippen LogP contribution is 2.17. The largest absolute Gasteiger partial charge is 0.341 e. The second-order valence-corrected chi connectivity index (χ2v) is 3.73. The molecule has 2 aromatic heterocycles. The monoisotopic (exact) mass is 179 g/mol. The number of H-pyrrole nitrogens is 1. The maximum Gasteiger partial charge on any atom is 0.157 e. The molecular weight excluding hydrogens is 170 g/mol. The second-order valence-electron chi connectivity index (χ2n) is 2.67. The van der Waals surface area contributed by atoms with Crippen LogP contribution in [0.5, 0.6) is 0 Å². The zero-order valence-corrected chi connectivity index (χ0v) is 7.77. The number of thiazole rings is 1. The number of nitrogens with one attached hydrogen (secondary N) is 1.